The molecule has 2 rings (SSSR count). The second-order valence-electron chi connectivity index (χ2n) is 3.82. The quantitative estimate of drug-likeness (QED) is 0.803. The Morgan fingerprint density at radius 3 is 2.93 bits per heavy atom. The van der Waals surface area contributed by atoms with Crippen molar-refractivity contribution in [3.63, 3.8) is 0 Å². The lowest BCUT2D eigenvalue weighted by molar-refractivity contribution is -0.139. The van der Waals surface area contributed by atoms with Crippen LogP contribution in [0.3, 0.4) is 0 Å². The first-order valence-electron chi connectivity index (χ1n) is 5.30. The van der Waals surface area contributed by atoms with Gasteiger partial charge in [-0.05, 0) is 25.0 Å². The number of fused-ring (bicyclic) bond motifs is 1. The zero-order chi connectivity index (χ0) is 10.8. The third-order valence-corrected chi connectivity index (χ3v) is 3.02. The summed E-state index contributed by atoms with van der Waals surface area (Å²) < 4.78 is 0. The van der Waals surface area contributed by atoms with Crippen molar-refractivity contribution in [1.29, 1.82) is 0 Å². The van der Waals surface area contributed by atoms with Gasteiger partial charge in [0.1, 0.15) is 0 Å². The molecule has 1 aliphatic rings. The third kappa shape index (κ3) is 1.69. The van der Waals surface area contributed by atoms with Crippen molar-refractivity contribution in [2.75, 3.05) is 18.0 Å². The predicted octanol–water partition coefficient (Wildman–Crippen LogP) is 2.08. The summed E-state index contributed by atoms with van der Waals surface area (Å²) in [5.74, 6) is -1.04. The molecule has 3 nitrogen and oxygen atoms in total. The summed E-state index contributed by atoms with van der Waals surface area (Å²) in [6, 6.07) is 7.81. The van der Waals surface area contributed by atoms with Gasteiger partial charge >= 0.3 is 5.97 Å². The smallest absolute Gasteiger partial charge is 0.311 e. The number of nitrogens with zero attached hydrogens (tertiary/aromatic N) is 1. The number of anilines is 1. The highest BCUT2D eigenvalue weighted by atomic mass is 16.4. The van der Waals surface area contributed by atoms with Crippen LogP contribution < -0.4 is 4.90 Å². The van der Waals surface area contributed by atoms with Crippen LogP contribution in [0.25, 0.3) is 0 Å². The highest BCUT2D eigenvalue weighted by Crippen LogP contribution is 2.34. The Morgan fingerprint density at radius 2 is 2.27 bits per heavy atom. The Balaban J connectivity index is 2.43. The Hall–Kier alpha value is -1.51. The van der Waals surface area contributed by atoms with Crippen molar-refractivity contribution in [3.8, 4) is 0 Å². The van der Waals surface area contributed by atoms with Gasteiger partial charge in [-0.1, -0.05) is 18.2 Å². The van der Waals surface area contributed by atoms with E-state index in [-0.39, 0.29) is 5.92 Å². The number of hydrogen-bond acceptors (Lipinski definition) is 2. The van der Waals surface area contributed by atoms with Crippen LogP contribution in [0, 0.1) is 0 Å². The molecule has 1 N–H and O–H groups in total. The number of para-hydroxylation sites is 1. The standard InChI is InChI=1S/C12H15NO2/c1-2-13-8-7-10(12(14)15)9-5-3-4-6-11(9)13/h3-6,10H,2,7-8H2,1H3,(H,14,15)/t10-/m1/s1. The molecular formula is C12H15NO2. The van der Waals surface area contributed by atoms with E-state index in [9.17, 15) is 4.79 Å². The van der Waals surface area contributed by atoms with Gasteiger partial charge in [0.15, 0.2) is 0 Å². The van der Waals surface area contributed by atoms with Crippen molar-refractivity contribution >= 4 is 11.7 Å². The minimum atomic E-state index is -0.710. The largest absolute Gasteiger partial charge is 0.481 e. The Bertz CT molecular complexity index is 376. The molecule has 1 aliphatic heterocycles. The summed E-state index contributed by atoms with van der Waals surface area (Å²) in [4.78, 5) is 13.3. The number of rotatable bonds is 2. The molecule has 0 amide bonds. The van der Waals surface area contributed by atoms with E-state index in [4.69, 9.17) is 5.11 Å². The molecule has 80 valence electrons. The zero-order valence-corrected chi connectivity index (χ0v) is 8.81. The molecule has 0 aliphatic carbocycles. The van der Waals surface area contributed by atoms with Crippen LogP contribution in [0.5, 0.6) is 0 Å². The molecule has 0 saturated carbocycles. The van der Waals surface area contributed by atoms with Crippen LogP contribution in [0.1, 0.15) is 24.8 Å². The lowest BCUT2D eigenvalue weighted by Gasteiger charge is -2.33. The number of carboxylic acid groups (broad SMARTS) is 1. The van der Waals surface area contributed by atoms with Gasteiger partial charge in [-0.2, -0.15) is 0 Å². The average molecular weight is 205 g/mol. The minimum absolute atomic E-state index is 0.330. The predicted molar refractivity (Wildman–Crippen MR) is 59.3 cm³/mol. The van der Waals surface area contributed by atoms with Gasteiger partial charge in [-0.25, -0.2) is 0 Å². The van der Waals surface area contributed by atoms with E-state index < -0.39 is 5.97 Å². The third-order valence-electron chi connectivity index (χ3n) is 3.02. The highest BCUT2D eigenvalue weighted by Gasteiger charge is 2.28. The molecule has 0 fully saturated rings. The first kappa shape index (κ1) is 10.0. The van der Waals surface area contributed by atoms with Crippen LogP contribution in [0.2, 0.25) is 0 Å². The molecule has 3 heteroatoms. The SMILES string of the molecule is CCN1CC[C@@H](C(=O)O)c2ccccc21. The number of carboxylic acids is 1. The first-order valence-corrected chi connectivity index (χ1v) is 5.30. The summed E-state index contributed by atoms with van der Waals surface area (Å²) in [6.45, 7) is 3.87. The van der Waals surface area contributed by atoms with Crippen LogP contribution in [-0.4, -0.2) is 24.2 Å². The van der Waals surface area contributed by atoms with Gasteiger partial charge in [0.25, 0.3) is 0 Å². The van der Waals surface area contributed by atoms with Gasteiger partial charge < -0.3 is 10.0 Å². The molecule has 0 aromatic heterocycles. The number of benzene rings is 1. The van der Waals surface area contributed by atoms with E-state index >= 15 is 0 Å². The maximum atomic E-state index is 11.1. The molecular weight excluding hydrogens is 190 g/mol. The Labute approximate surface area is 89.3 Å². The van der Waals surface area contributed by atoms with Crippen molar-refractivity contribution in [1.82, 2.24) is 0 Å². The lowest BCUT2D eigenvalue weighted by Crippen LogP contribution is -2.33. The van der Waals surface area contributed by atoms with E-state index in [0.29, 0.717) is 6.42 Å². The van der Waals surface area contributed by atoms with E-state index in [1.165, 1.54) is 0 Å². The summed E-state index contributed by atoms with van der Waals surface area (Å²) in [7, 11) is 0. The van der Waals surface area contributed by atoms with Crippen molar-refractivity contribution in [2.24, 2.45) is 0 Å². The van der Waals surface area contributed by atoms with E-state index in [1.807, 2.05) is 24.3 Å². The molecule has 0 radical (unpaired) electrons. The van der Waals surface area contributed by atoms with Crippen molar-refractivity contribution in [3.05, 3.63) is 29.8 Å². The van der Waals surface area contributed by atoms with Gasteiger partial charge in [0.2, 0.25) is 0 Å². The summed E-state index contributed by atoms with van der Waals surface area (Å²) in [6.07, 6.45) is 0.709. The summed E-state index contributed by atoms with van der Waals surface area (Å²) >= 11 is 0. The van der Waals surface area contributed by atoms with E-state index in [1.54, 1.807) is 0 Å². The number of carbonyl (C=O) groups is 1. The molecule has 0 bridgehead atoms. The fourth-order valence-electron chi connectivity index (χ4n) is 2.22. The van der Waals surface area contributed by atoms with Gasteiger partial charge in [-0.3, -0.25) is 4.79 Å². The van der Waals surface area contributed by atoms with Crippen LogP contribution >= 0.6 is 0 Å². The fourth-order valence-corrected chi connectivity index (χ4v) is 2.22. The molecule has 1 heterocycles. The lowest BCUT2D eigenvalue weighted by atomic mass is 9.90. The maximum Gasteiger partial charge on any atom is 0.311 e. The van der Waals surface area contributed by atoms with E-state index in [2.05, 4.69) is 11.8 Å². The Morgan fingerprint density at radius 1 is 1.53 bits per heavy atom. The number of aliphatic carboxylic acids is 1. The average Bonchev–Trinajstić information content (AvgIpc) is 2.27. The van der Waals surface area contributed by atoms with Gasteiger partial charge in [0.05, 0.1) is 5.92 Å². The molecule has 15 heavy (non-hydrogen) atoms. The monoisotopic (exact) mass is 205 g/mol. The molecule has 1 aromatic carbocycles. The Kier molecular flexibility index (Phi) is 2.62. The van der Waals surface area contributed by atoms with Crippen LogP contribution in [0.4, 0.5) is 5.69 Å². The molecule has 1 aromatic rings. The summed E-state index contributed by atoms with van der Waals surface area (Å²) in [5, 5.41) is 9.13. The van der Waals surface area contributed by atoms with Gasteiger partial charge in [-0.15, -0.1) is 0 Å². The van der Waals surface area contributed by atoms with Crippen LogP contribution in [-0.2, 0) is 4.79 Å². The minimum Gasteiger partial charge on any atom is -0.481 e. The normalized spacial score (nSPS) is 19.8. The van der Waals surface area contributed by atoms with Crippen LogP contribution in [0.15, 0.2) is 24.3 Å². The zero-order valence-electron chi connectivity index (χ0n) is 8.81. The summed E-state index contributed by atoms with van der Waals surface area (Å²) in [5.41, 5.74) is 2.04. The molecule has 0 spiro atoms. The maximum absolute atomic E-state index is 11.1. The molecule has 0 saturated heterocycles. The van der Waals surface area contributed by atoms with E-state index in [0.717, 1.165) is 24.3 Å². The first-order chi connectivity index (χ1) is 7.24. The number of hydrogen-bond donors (Lipinski definition) is 1. The molecule has 1 atom stereocenters. The second kappa shape index (κ2) is 3.93. The topological polar surface area (TPSA) is 40.5 Å². The van der Waals surface area contributed by atoms with Gasteiger partial charge in [0, 0.05) is 18.8 Å². The van der Waals surface area contributed by atoms with Crippen molar-refractivity contribution in [2.45, 2.75) is 19.3 Å². The molecule has 0 unspecified atom stereocenters. The second-order valence-corrected chi connectivity index (χ2v) is 3.82. The highest BCUT2D eigenvalue weighted by molar-refractivity contribution is 5.80. The fraction of sp³-hybridized carbons (Fsp3) is 0.417. The van der Waals surface area contributed by atoms with Crippen molar-refractivity contribution < 1.29 is 9.90 Å².